The van der Waals surface area contributed by atoms with Gasteiger partial charge in [0.05, 0.1) is 0 Å². The highest BCUT2D eigenvalue weighted by Crippen LogP contribution is 2.28. The fraction of sp³-hybridized carbons (Fsp3) is 0.550. The quantitative estimate of drug-likeness (QED) is 0.836. The Labute approximate surface area is 144 Å². The summed E-state index contributed by atoms with van der Waals surface area (Å²) in [5.74, 6) is 0.475. The van der Waals surface area contributed by atoms with Crippen LogP contribution in [0.2, 0.25) is 0 Å². The third-order valence-electron chi connectivity index (χ3n) is 5.24. The van der Waals surface area contributed by atoms with Crippen molar-refractivity contribution in [3.05, 3.63) is 35.1 Å². The fourth-order valence-corrected chi connectivity index (χ4v) is 3.70. The van der Waals surface area contributed by atoms with E-state index in [1.165, 1.54) is 12.0 Å². The molecule has 1 amide bonds. The SMILES string of the molecule is CCCc1ccc2oc(C(=O)N(C)CC3CCCN3C)c(C)c2c1. The summed E-state index contributed by atoms with van der Waals surface area (Å²) < 4.78 is 5.90. The zero-order valence-corrected chi connectivity index (χ0v) is 15.3. The number of aryl methyl sites for hydroxylation is 2. The van der Waals surface area contributed by atoms with Crippen molar-refractivity contribution in [3.8, 4) is 0 Å². The minimum absolute atomic E-state index is 0.0129. The molecule has 4 heteroatoms. The molecule has 1 saturated heterocycles. The van der Waals surface area contributed by atoms with E-state index in [2.05, 4.69) is 31.0 Å². The second-order valence-corrected chi connectivity index (χ2v) is 7.10. The molecular weight excluding hydrogens is 300 g/mol. The van der Waals surface area contributed by atoms with Crippen LogP contribution in [0.25, 0.3) is 11.0 Å². The van der Waals surface area contributed by atoms with Crippen molar-refractivity contribution in [2.45, 2.75) is 45.6 Å². The van der Waals surface area contributed by atoms with Gasteiger partial charge in [0.15, 0.2) is 5.76 Å². The van der Waals surface area contributed by atoms with Crippen LogP contribution < -0.4 is 0 Å². The Kier molecular flexibility index (Phi) is 4.95. The molecule has 1 aliphatic rings. The van der Waals surface area contributed by atoms with Gasteiger partial charge in [0.25, 0.3) is 5.91 Å². The molecule has 1 fully saturated rings. The van der Waals surface area contributed by atoms with Crippen LogP contribution in [0.3, 0.4) is 0 Å². The highest BCUT2D eigenvalue weighted by molar-refractivity contribution is 5.99. The molecule has 3 rings (SSSR count). The molecule has 24 heavy (non-hydrogen) atoms. The van der Waals surface area contributed by atoms with Crippen LogP contribution in [0.15, 0.2) is 22.6 Å². The molecule has 0 saturated carbocycles. The summed E-state index contributed by atoms with van der Waals surface area (Å²) in [7, 11) is 4.02. The molecular formula is C20H28N2O2. The number of hydrogen-bond donors (Lipinski definition) is 0. The van der Waals surface area contributed by atoms with Gasteiger partial charge in [0, 0.05) is 30.6 Å². The molecule has 0 radical (unpaired) electrons. The van der Waals surface area contributed by atoms with Crippen LogP contribution in [-0.4, -0.2) is 48.9 Å². The topological polar surface area (TPSA) is 36.7 Å². The zero-order chi connectivity index (χ0) is 17.3. The highest BCUT2D eigenvalue weighted by Gasteiger charge is 2.27. The summed E-state index contributed by atoms with van der Waals surface area (Å²) in [6.07, 6.45) is 4.55. The van der Waals surface area contributed by atoms with E-state index in [0.717, 1.165) is 48.9 Å². The summed E-state index contributed by atoms with van der Waals surface area (Å²) in [5, 5.41) is 1.07. The minimum atomic E-state index is -0.0129. The van der Waals surface area contributed by atoms with E-state index in [1.807, 2.05) is 24.9 Å². The van der Waals surface area contributed by atoms with Gasteiger partial charge in [-0.3, -0.25) is 4.79 Å². The first-order valence-corrected chi connectivity index (χ1v) is 8.99. The fourth-order valence-electron chi connectivity index (χ4n) is 3.70. The number of amides is 1. The maximum Gasteiger partial charge on any atom is 0.289 e. The van der Waals surface area contributed by atoms with E-state index in [1.54, 1.807) is 0 Å². The first kappa shape index (κ1) is 17.0. The molecule has 0 aliphatic carbocycles. The van der Waals surface area contributed by atoms with E-state index >= 15 is 0 Å². The lowest BCUT2D eigenvalue weighted by Gasteiger charge is -2.25. The van der Waals surface area contributed by atoms with Crippen LogP contribution >= 0.6 is 0 Å². The number of carbonyl (C=O) groups excluding carboxylic acids is 1. The number of benzene rings is 1. The van der Waals surface area contributed by atoms with Crippen molar-refractivity contribution in [2.24, 2.45) is 0 Å². The van der Waals surface area contributed by atoms with Crippen LogP contribution in [0.1, 0.15) is 47.9 Å². The van der Waals surface area contributed by atoms with Crippen molar-refractivity contribution in [1.29, 1.82) is 0 Å². The van der Waals surface area contributed by atoms with Gasteiger partial charge in [-0.1, -0.05) is 19.4 Å². The van der Waals surface area contributed by atoms with Gasteiger partial charge in [-0.05, 0) is 57.5 Å². The lowest BCUT2D eigenvalue weighted by Crippen LogP contribution is -2.39. The molecule has 4 nitrogen and oxygen atoms in total. The largest absolute Gasteiger partial charge is 0.451 e. The van der Waals surface area contributed by atoms with E-state index in [0.29, 0.717) is 11.8 Å². The number of nitrogens with zero attached hydrogens (tertiary/aromatic N) is 2. The van der Waals surface area contributed by atoms with Crippen molar-refractivity contribution in [3.63, 3.8) is 0 Å². The predicted octanol–water partition coefficient (Wildman–Crippen LogP) is 3.86. The first-order chi connectivity index (χ1) is 11.5. The third-order valence-corrected chi connectivity index (χ3v) is 5.24. The Morgan fingerprint density at radius 3 is 2.88 bits per heavy atom. The summed E-state index contributed by atoms with van der Waals surface area (Å²) in [5.41, 5.74) is 3.07. The van der Waals surface area contributed by atoms with Gasteiger partial charge in [0.1, 0.15) is 5.58 Å². The Morgan fingerprint density at radius 2 is 2.21 bits per heavy atom. The number of furan rings is 1. The summed E-state index contributed by atoms with van der Waals surface area (Å²) in [4.78, 5) is 17.0. The molecule has 0 bridgehead atoms. The standard InChI is InChI=1S/C20H28N2O2/c1-5-7-15-9-10-18-17(12-15)14(2)19(24-18)20(23)22(4)13-16-8-6-11-21(16)3/h9-10,12,16H,5-8,11,13H2,1-4H3. The van der Waals surface area contributed by atoms with Crippen LogP contribution in [-0.2, 0) is 6.42 Å². The molecule has 2 heterocycles. The lowest BCUT2D eigenvalue weighted by atomic mass is 10.1. The second-order valence-electron chi connectivity index (χ2n) is 7.10. The molecule has 1 unspecified atom stereocenters. The Bertz CT molecular complexity index is 735. The van der Waals surface area contributed by atoms with Crippen LogP contribution in [0, 0.1) is 6.92 Å². The van der Waals surface area contributed by atoms with Crippen molar-refractivity contribution in [2.75, 3.05) is 27.2 Å². The minimum Gasteiger partial charge on any atom is -0.451 e. The lowest BCUT2D eigenvalue weighted by molar-refractivity contribution is 0.0731. The van der Waals surface area contributed by atoms with Crippen LogP contribution in [0.5, 0.6) is 0 Å². The second kappa shape index (κ2) is 6.98. The van der Waals surface area contributed by atoms with E-state index in [-0.39, 0.29) is 5.91 Å². The zero-order valence-electron chi connectivity index (χ0n) is 15.3. The monoisotopic (exact) mass is 328 g/mol. The molecule has 1 aromatic carbocycles. The van der Waals surface area contributed by atoms with Gasteiger partial charge in [0.2, 0.25) is 0 Å². The van der Waals surface area contributed by atoms with Crippen molar-refractivity contribution >= 4 is 16.9 Å². The van der Waals surface area contributed by atoms with E-state index in [9.17, 15) is 4.79 Å². The van der Waals surface area contributed by atoms with Gasteiger partial charge in [-0.2, -0.15) is 0 Å². The molecule has 0 spiro atoms. The number of hydrogen-bond acceptors (Lipinski definition) is 3. The molecule has 1 aliphatic heterocycles. The summed E-state index contributed by atoms with van der Waals surface area (Å²) in [6.45, 7) is 6.05. The Balaban J connectivity index is 1.82. The molecule has 130 valence electrons. The number of rotatable bonds is 5. The molecule has 1 atom stereocenters. The molecule has 2 aromatic rings. The van der Waals surface area contributed by atoms with Gasteiger partial charge < -0.3 is 14.2 Å². The number of carbonyl (C=O) groups is 1. The number of likely N-dealkylation sites (N-methyl/N-ethyl adjacent to an activating group) is 2. The molecule has 1 aromatic heterocycles. The van der Waals surface area contributed by atoms with Gasteiger partial charge >= 0.3 is 0 Å². The van der Waals surface area contributed by atoms with Gasteiger partial charge in [-0.15, -0.1) is 0 Å². The number of likely N-dealkylation sites (tertiary alicyclic amines) is 1. The predicted molar refractivity (Wildman–Crippen MR) is 97.6 cm³/mol. The average molecular weight is 328 g/mol. The van der Waals surface area contributed by atoms with Crippen molar-refractivity contribution in [1.82, 2.24) is 9.80 Å². The third kappa shape index (κ3) is 3.20. The van der Waals surface area contributed by atoms with Crippen LogP contribution in [0.4, 0.5) is 0 Å². The van der Waals surface area contributed by atoms with Crippen molar-refractivity contribution < 1.29 is 9.21 Å². The number of fused-ring (bicyclic) bond motifs is 1. The van der Waals surface area contributed by atoms with Gasteiger partial charge in [-0.25, -0.2) is 0 Å². The van der Waals surface area contributed by atoms with E-state index in [4.69, 9.17) is 4.42 Å². The maximum absolute atomic E-state index is 12.9. The van der Waals surface area contributed by atoms with E-state index < -0.39 is 0 Å². The smallest absolute Gasteiger partial charge is 0.289 e. The summed E-state index contributed by atoms with van der Waals surface area (Å²) >= 11 is 0. The summed E-state index contributed by atoms with van der Waals surface area (Å²) in [6, 6.07) is 6.72. The first-order valence-electron chi connectivity index (χ1n) is 8.99. The Hall–Kier alpha value is -1.81. The average Bonchev–Trinajstić information content (AvgIpc) is 3.11. The normalized spacial score (nSPS) is 18.4. The highest BCUT2D eigenvalue weighted by atomic mass is 16.3. The molecule has 0 N–H and O–H groups in total. The maximum atomic E-state index is 12.9. The Morgan fingerprint density at radius 1 is 1.42 bits per heavy atom.